The number of hydrogen-bond donors (Lipinski definition) is 7. The molecule has 0 saturated heterocycles. The molecule has 10 N–H and O–H groups in total. The van der Waals surface area contributed by atoms with Crippen LogP contribution in [0.4, 0.5) is 11.6 Å². The molecule has 0 aliphatic carbocycles. The fourth-order valence-electron chi connectivity index (χ4n) is 2.77. The molecule has 1 unspecified atom stereocenters. The van der Waals surface area contributed by atoms with E-state index < -0.39 is 42.5 Å². The number of amides is 2. The van der Waals surface area contributed by atoms with E-state index in [2.05, 4.69) is 31.3 Å². The van der Waals surface area contributed by atoms with E-state index in [1.54, 1.807) is 13.0 Å². The molecule has 0 fully saturated rings. The number of aliphatic carboxylic acids is 1. The molecule has 15 heteroatoms. The topological polar surface area (TPSA) is 256 Å². The lowest BCUT2D eigenvalue weighted by Crippen LogP contribution is -2.39. The van der Waals surface area contributed by atoms with Crippen molar-refractivity contribution in [3.63, 3.8) is 0 Å². The molecule has 200 valence electrons. The van der Waals surface area contributed by atoms with Gasteiger partial charge in [0.1, 0.15) is 11.8 Å². The molecule has 0 aliphatic heterocycles. The maximum atomic E-state index is 12.4. The summed E-state index contributed by atoms with van der Waals surface area (Å²) in [5, 5.41) is 33.4. The van der Waals surface area contributed by atoms with Crippen molar-refractivity contribution in [1.82, 2.24) is 20.6 Å². The summed E-state index contributed by atoms with van der Waals surface area (Å²) in [6.07, 6.45) is 0.299. The predicted octanol–water partition coefficient (Wildman–Crippen LogP) is 0.880. The standard InChI is InChI=1S/C19H19ClN8O5.C2H6.CH5N/c1-8-2-9(20)3-10(16(8)32)11(4-14(30)31)26-13(29)6-24-19(33)15-17(23)27-12(5-21)18(28-15)25-7-22;2*1-2/h2-3,7,11,32H,4,6H2,1H3,(H2,23,27)(H,24,33)(H,26,29)(H,30,31)(H2,22,25,28);1-2H3;2H2,1H3. The minimum absolute atomic E-state index is 0.105. The van der Waals surface area contributed by atoms with E-state index in [9.17, 15) is 24.6 Å². The molecule has 0 spiro atoms. The van der Waals surface area contributed by atoms with Gasteiger partial charge in [-0.05, 0) is 31.7 Å². The van der Waals surface area contributed by atoms with Gasteiger partial charge in [0.2, 0.25) is 5.91 Å². The van der Waals surface area contributed by atoms with Crippen molar-refractivity contribution in [1.29, 1.82) is 5.26 Å². The second kappa shape index (κ2) is 16.2. The molecular weight excluding hydrogens is 506 g/mol. The molecule has 2 aromatic rings. The second-order valence-corrected chi connectivity index (χ2v) is 7.02. The number of rotatable bonds is 8. The zero-order chi connectivity index (χ0) is 28.7. The lowest BCUT2D eigenvalue weighted by Gasteiger charge is -2.20. The Kier molecular flexibility index (Phi) is 14.3. The molecule has 2 rings (SSSR count). The zero-order valence-electron chi connectivity index (χ0n) is 20.7. The highest BCUT2D eigenvalue weighted by Crippen LogP contribution is 2.32. The van der Waals surface area contributed by atoms with Crippen molar-refractivity contribution < 1.29 is 24.6 Å². The van der Waals surface area contributed by atoms with E-state index in [-0.39, 0.29) is 33.7 Å². The van der Waals surface area contributed by atoms with Crippen LogP contribution in [0.25, 0.3) is 0 Å². The lowest BCUT2D eigenvalue weighted by atomic mass is 10.00. The highest BCUT2D eigenvalue weighted by Gasteiger charge is 2.24. The van der Waals surface area contributed by atoms with Crippen LogP contribution in [0.5, 0.6) is 5.75 Å². The van der Waals surface area contributed by atoms with E-state index in [0.717, 1.165) is 6.34 Å². The first-order valence-corrected chi connectivity index (χ1v) is 11.1. The number of nitriles is 1. The Balaban J connectivity index is 0.00000308. The van der Waals surface area contributed by atoms with Gasteiger partial charge < -0.3 is 38.0 Å². The molecule has 37 heavy (non-hydrogen) atoms. The first-order valence-electron chi connectivity index (χ1n) is 10.7. The number of benzene rings is 1. The van der Waals surface area contributed by atoms with Gasteiger partial charge in [-0.1, -0.05) is 25.4 Å². The zero-order valence-corrected chi connectivity index (χ0v) is 21.5. The van der Waals surface area contributed by atoms with Crippen LogP contribution in [-0.2, 0) is 9.59 Å². The van der Waals surface area contributed by atoms with Crippen LogP contribution >= 0.6 is 11.6 Å². The number of phenols is 1. The number of halogens is 1. The third kappa shape index (κ3) is 9.59. The summed E-state index contributed by atoms with van der Waals surface area (Å²) in [4.78, 5) is 47.3. The second-order valence-electron chi connectivity index (χ2n) is 6.58. The smallest absolute Gasteiger partial charge is 0.305 e. The first-order chi connectivity index (χ1) is 17.6. The number of carboxylic acids is 1. The van der Waals surface area contributed by atoms with Gasteiger partial charge in [-0.3, -0.25) is 14.4 Å². The van der Waals surface area contributed by atoms with Crippen molar-refractivity contribution in [3.05, 3.63) is 39.7 Å². The molecule has 1 aromatic carbocycles. The number of phenolic OH excluding ortho intramolecular Hbond substituents is 1. The van der Waals surface area contributed by atoms with E-state index in [0.29, 0.717) is 5.56 Å². The summed E-state index contributed by atoms with van der Waals surface area (Å²) in [7, 11) is 1.50. The Labute approximate surface area is 218 Å². The quantitative estimate of drug-likeness (QED) is 0.184. The van der Waals surface area contributed by atoms with Gasteiger partial charge in [-0.25, -0.2) is 15.0 Å². The third-order valence-corrected chi connectivity index (χ3v) is 4.43. The van der Waals surface area contributed by atoms with Crippen LogP contribution < -0.4 is 27.8 Å². The number of aromatic hydroxyl groups is 1. The first kappa shape index (κ1) is 32.5. The van der Waals surface area contributed by atoms with Crippen molar-refractivity contribution in [2.75, 3.05) is 19.3 Å². The molecule has 1 atom stereocenters. The molecule has 0 aliphatic rings. The maximum Gasteiger partial charge on any atom is 0.305 e. The molecule has 0 saturated carbocycles. The predicted molar refractivity (Wildman–Crippen MR) is 138 cm³/mol. The maximum absolute atomic E-state index is 12.4. The highest BCUT2D eigenvalue weighted by atomic mass is 35.5. The van der Waals surface area contributed by atoms with Crippen molar-refractivity contribution in [2.24, 2.45) is 16.5 Å². The summed E-state index contributed by atoms with van der Waals surface area (Å²) in [6, 6.07) is 3.39. The number of nitrogens with zero attached hydrogens (tertiary/aromatic N) is 4. The molecule has 2 amide bonds. The van der Waals surface area contributed by atoms with Gasteiger partial charge in [0.15, 0.2) is 23.0 Å². The summed E-state index contributed by atoms with van der Waals surface area (Å²) in [5.74, 6) is -3.74. The Hall–Kier alpha value is -4.48. The van der Waals surface area contributed by atoms with Crippen LogP contribution in [0.1, 0.15) is 53.6 Å². The number of aromatic nitrogens is 2. The summed E-state index contributed by atoms with van der Waals surface area (Å²) < 4.78 is 0. The number of carbonyl (C=O) groups is 3. The van der Waals surface area contributed by atoms with Crippen LogP contribution in [0.15, 0.2) is 17.1 Å². The Bertz CT molecular complexity index is 1180. The molecule has 1 heterocycles. The normalized spacial score (nSPS) is 10.6. The van der Waals surface area contributed by atoms with Crippen LogP contribution in [0, 0.1) is 18.3 Å². The Morgan fingerprint density at radius 2 is 1.89 bits per heavy atom. The number of nitrogens with one attached hydrogen (secondary N) is 2. The number of nitrogen functional groups attached to an aromatic ring is 1. The molecule has 0 bridgehead atoms. The van der Waals surface area contributed by atoms with Gasteiger partial charge in [-0.15, -0.1) is 0 Å². The van der Waals surface area contributed by atoms with Crippen molar-refractivity contribution in [2.45, 2.75) is 33.2 Å². The van der Waals surface area contributed by atoms with E-state index >= 15 is 0 Å². The molecular formula is C22H30ClN9O5. The number of aryl methyl sites for hydroxylation is 1. The highest BCUT2D eigenvalue weighted by molar-refractivity contribution is 6.30. The molecule has 14 nitrogen and oxygen atoms in total. The van der Waals surface area contributed by atoms with Gasteiger partial charge in [0, 0.05) is 10.6 Å². The van der Waals surface area contributed by atoms with E-state index in [1.165, 1.54) is 19.2 Å². The number of aliphatic imine (C=N–C) groups is 1. The minimum atomic E-state index is -1.24. The summed E-state index contributed by atoms with van der Waals surface area (Å²) in [6.45, 7) is 4.97. The lowest BCUT2D eigenvalue weighted by molar-refractivity contribution is -0.137. The average molecular weight is 536 g/mol. The van der Waals surface area contributed by atoms with Gasteiger partial charge in [0.05, 0.1) is 25.3 Å². The van der Waals surface area contributed by atoms with Crippen LogP contribution in [0.2, 0.25) is 5.02 Å². The van der Waals surface area contributed by atoms with Crippen LogP contribution in [-0.4, -0.2) is 57.9 Å². The third-order valence-electron chi connectivity index (χ3n) is 4.22. The molecule has 1 aromatic heterocycles. The van der Waals surface area contributed by atoms with Gasteiger partial charge in [0.25, 0.3) is 5.91 Å². The fourth-order valence-corrected chi connectivity index (χ4v) is 3.05. The Morgan fingerprint density at radius 1 is 1.27 bits per heavy atom. The monoisotopic (exact) mass is 535 g/mol. The number of carboxylic acid groups (broad SMARTS) is 1. The van der Waals surface area contributed by atoms with Gasteiger partial charge in [-0.2, -0.15) is 5.26 Å². The summed E-state index contributed by atoms with van der Waals surface area (Å²) >= 11 is 5.99. The average Bonchev–Trinajstić information content (AvgIpc) is 2.87. The SMILES string of the molecule is CC.CN.Cc1cc(Cl)cc(C(CC(=O)O)NC(=O)CNC(=O)c2nc(/N=C\N)c(C#N)nc2N)c1O. The number of anilines is 1. The minimum Gasteiger partial charge on any atom is -0.507 e. The fraction of sp³-hybridized carbons (Fsp3) is 0.318. The van der Waals surface area contributed by atoms with Crippen molar-refractivity contribution >= 4 is 47.4 Å². The van der Waals surface area contributed by atoms with E-state index in [4.69, 9.17) is 28.3 Å². The largest absolute Gasteiger partial charge is 0.507 e. The van der Waals surface area contributed by atoms with Gasteiger partial charge >= 0.3 is 5.97 Å². The summed E-state index contributed by atoms with van der Waals surface area (Å²) in [5.41, 5.74) is 15.2. The number of hydrogen-bond acceptors (Lipinski definition) is 10. The number of carbonyl (C=O) groups excluding carboxylic acids is 2. The van der Waals surface area contributed by atoms with E-state index in [1.807, 2.05) is 13.8 Å². The van der Waals surface area contributed by atoms with Crippen molar-refractivity contribution in [3.8, 4) is 11.8 Å². The van der Waals surface area contributed by atoms with Crippen LogP contribution in [0.3, 0.4) is 0 Å². The number of nitrogens with two attached hydrogens (primary N) is 3. The molecule has 0 radical (unpaired) electrons. The Morgan fingerprint density at radius 3 is 2.43 bits per heavy atom.